The van der Waals surface area contributed by atoms with Gasteiger partial charge in [-0.3, -0.25) is 0 Å². The molecule has 10 heterocycles. The molecule has 0 unspecified atom stereocenters. The van der Waals surface area contributed by atoms with Crippen LogP contribution in [-0.4, -0.2) is 56.0 Å². The van der Waals surface area contributed by atoms with Crippen molar-refractivity contribution in [3.8, 4) is 56.3 Å². The van der Waals surface area contributed by atoms with E-state index in [4.69, 9.17) is 9.97 Å². The van der Waals surface area contributed by atoms with Crippen molar-refractivity contribution in [2.45, 2.75) is 221 Å². The fourth-order valence-electron chi connectivity index (χ4n) is 17.7. The molecule has 10 aromatic heterocycles. The molecule has 0 atom stereocenters. The SMILES string of the molecule is Cc1cc(C)cc(-c2ncnc3c(C4CCCC4)c(CC(C)(C)C)sc23)c1.Cc1cc(C)cc(-c2ncnc3c(CC(C)(C)C(F)(F)F)c(CC(C)(C)C)sc23)c1.Cc1cc(C)cc(-c2ncnc3c2sc2c(C(C)C)cccc23)c1.Cc1cc(C)cc(-c2ncnc3c2sc2cc(C(C)C)ccc23)c1.Cc1cc(C)cc(-c2ncnc3c2sc2ccccc23)c1. The molecule has 0 amide bonds. The summed E-state index contributed by atoms with van der Waals surface area (Å²) in [6.45, 7) is 46.0. The van der Waals surface area contributed by atoms with E-state index in [1.807, 2.05) is 36.5 Å². The molecule has 0 bridgehead atoms. The van der Waals surface area contributed by atoms with Gasteiger partial charge in [-0.1, -0.05) is 230 Å². The predicted molar refractivity (Wildman–Crippen MR) is 533 cm³/mol. The van der Waals surface area contributed by atoms with Crippen molar-refractivity contribution in [3.05, 3.63) is 271 Å². The van der Waals surface area contributed by atoms with E-state index in [1.165, 1.54) is 189 Å². The Bertz CT molecular complexity index is 7000. The molecule has 1 aliphatic carbocycles. The first-order valence-corrected chi connectivity index (χ1v) is 47.8. The lowest BCUT2D eigenvalue weighted by molar-refractivity contribution is -0.210. The number of aryl methyl sites for hydroxylation is 10. The van der Waals surface area contributed by atoms with Crippen LogP contribution in [0.4, 0.5) is 13.2 Å². The molecular weight excluding hydrogens is 1650 g/mol. The van der Waals surface area contributed by atoms with Gasteiger partial charge in [-0.2, -0.15) is 13.2 Å². The molecule has 18 heteroatoms. The maximum Gasteiger partial charge on any atom is 0.394 e. The Labute approximate surface area is 759 Å². The summed E-state index contributed by atoms with van der Waals surface area (Å²) in [6.07, 6.45) is 11.1. The van der Waals surface area contributed by atoms with Gasteiger partial charge < -0.3 is 0 Å². The smallest absolute Gasteiger partial charge is 0.235 e. The Morgan fingerprint density at radius 3 is 1.09 bits per heavy atom. The van der Waals surface area contributed by atoms with Crippen molar-refractivity contribution in [1.29, 1.82) is 0 Å². The lowest BCUT2D eigenvalue weighted by Gasteiger charge is -2.28. The average Bonchev–Trinajstić information content (AvgIpc) is 1.60. The van der Waals surface area contributed by atoms with E-state index in [0.717, 1.165) is 77.7 Å². The first kappa shape index (κ1) is 90.3. The van der Waals surface area contributed by atoms with Gasteiger partial charge in [0.15, 0.2) is 0 Å². The van der Waals surface area contributed by atoms with Crippen LogP contribution in [0.5, 0.6) is 0 Å². The molecule has 10 nitrogen and oxygen atoms in total. The molecule has 1 fully saturated rings. The largest absolute Gasteiger partial charge is 0.394 e. The summed E-state index contributed by atoms with van der Waals surface area (Å²) in [5.41, 5.74) is 31.6. The molecule has 19 rings (SSSR count). The van der Waals surface area contributed by atoms with Gasteiger partial charge in [-0.25, -0.2) is 49.8 Å². The maximum absolute atomic E-state index is 13.7. The van der Waals surface area contributed by atoms with Crippen molar-refractivity contribution in [3.63, 3.8) is 0 Å². The van der Waals surface area contributed by atoms with Crippen LogP contribution >= 0.6 is 56.7 Å². The van der Waals surface area contributed by atoms with E-state index >= 15 is 0 Å². The van der Waals surface area contributed by atoms with Crippen molar-refractivity contribution in [2.24, 2.45) is 16.2 Å². The van der Waals surface area contributed by atoms with E-state index in [0.29, 0.717) is 35.3 Å². The first-order valence-electron chi connectivity index (χ1n) is 43.8. The van der Waals surface area contributed by atoms with Crippen molar-refractivity contribution < 1.29 is 13.2 Å². The minimum Gasteiger partial charge on any atom is -0.235 e. The summed E-state index contributed by atoms with van der Waals surface area (Å²) in [5, 5.41) is 3.69. The molecule has 0 saturated heterocycles. The molecule has 0 N–H and O–H groups in total. The molecule has 0 spiro atoms. The highest BCUT2D eigenvalue weighted by Crippen LogP contribution is 2.50. The van der Waals surface area contributed by atoms with E-state index in [-0.39, 0.29) is 17.3 Å². The van der Waals surface area contributed by atoms with Crippen LogP contribution < -0.4 is 0 Å². The van der Waals surface area contributed by atoms with Crippen LogP contribution in [-0.2, 0) is 19.3 Å². The Morgan fingerprint density at radius 2 is 0.675 bits per heavy atom. The Kier molecular flexibility index (Phi) is 26.3. The monoisotopic (exact) mass is 1770 g/mol. The fraction of sp³-hybridized carbons (Fsp3) is 0.333. The first-order chi connectivity index (χ1) is 59.8. The van der Waals surface area contributed by atoms with Crippen LogP contribution in [0.15, 0.2) is 183 Å². The number of hydrogen-bond donors (Lipinski definition) is 0. The summed E-state index contributed by atoms with van der Waals surface area (Å²) in [5.74, 6) is 1.71. The topological polar surface area (TPSA) is 129 Å². The third-order valence-electron chi connectivity index (χ3n) is 23.3. The molecule has 1 saturated carbocycles. The fourth-order valence-corrected chi connectivity index (χ4v) is 24.8. The second-order valence-corrected chi connectivity index (χ2v) is 43.8. The molecular formula is C108H113F3N10S5. The number of fused-ring (bicyclic) bond motifs is 11. The molecule has 8 aromatic carbocycles. The highest BCUT2D eigenvalue weighted by Gasteiger charge is 2.48. The molecule has 0 radical (unpaired) electrons. The van der Waals surface area contributed by atoms with Gasteiger partial charge >= 0.3 is 6.18 Å². The highest BCUT2D eigenvalue weighted by atomic mass is 32.1. The Morgan fingerprint density at radius 1 is 0.325 bits per heavy atom. The quantitative estimate of drug-likeness (QED) is 0.117. The maximum atomic E-state index is 13.7. The minimum atomic E-state index is -4.29. The normalized spacial score (nSPS) is 12.9. The Balaban J connectivity index is 0.000000122. The zero-order valence-corrected chi connectivity index (χ0v) is 80.7. The molecule has 1 aliphatic rings. The zero-order chi connectivity index (χ0) is 89.8. The summed E-state index contributed by atoms with van der Waals surface area (Å²) >= 11 is 8.88. The number of halogens is 3. The van der Waals surface area contributed by atoms with Gasteiger partial charge in [0.2, 0.25) is 0 Å². The number of benzene rings is 8. The van der Waals surface area contributed by atoms with Crippen molar-refractivity contribution in [1.82, 2.24) is 49.8 Å². The highest BCUT2D eigenvalue weighted by molar-refractivity contribution is 7.27. The van der Waals surface area contributed by atoms with Crippen LogP contribution in [0.1, 0.15) is 214 Å². The predicted octanol–water partition coefficient (Wildman–Crippen LogP) is 32.5. The summed E-state index contributed by atoms with van der Waals surface area (Å²) in [4.78, 5) is 48.5. The van der Waals surface area contributed by atoms with E-state index in [1.54, 1.807) is 59.3 Å². The number of thiophene rings is 5. The summed E-state index contributed by atoms with van der Waals surface area (Å²) in [6, 6.07) is 54.5. The van der Waals surface area contributed by atoms with Crippen LogP contribution in [0.2, 0.25) is 0 Å². The van der Waals surface area contributed by atoms with Crippen LogP contribution in [0, 0.1) is 85.5 Å². The lowest BCUT2D eigenvalue weighted by Crippen LogP contribution is -2.34. The van der Waals surface area contributed by atoms with E-state index < -0.39 is 11.6 Å². The second-order valence-electron chi connectivity index (χ2n) is 38.4. The number of rotatable bonds is 12. The van der Waals surface area contributed by atoms with Gasteiger partial charge in [0.25, 0.3) is 0 Å². The van der Waals surface area contributed by atoms with E-state index in [9.17, 15) is 13.2 Å². The third-order valence-corrected chi connectivity index (χ3v) is 29.3. The van der Waals surface area contributed by atoms with Crippen LogP contribution in [0.25, 0.3) is 138 Å². The Hall–Kier alpha value is -10.5. The second kappa shape index (κ2) is 36.7. The number of alkyl halides is 3. The average molecular weight is 1770 g/mol. The zero-order valence-electron chi connectivity index (χ0n) is 76.6. The van der Waals surface area contributed by atoms with Gasteiger partial charge in [0, 0.05) is 67.8 Å². The number of nitrogens with zero attached hydrogens (tertiary/aromatic N) is 10. The van der Waals surface area contributed by atoms with Crippen molar-refractivity contribution in [2.75, 3.05) is 0 Å². The van der Waals surface area contributed by atoms with Gasteiger partial charge in [0.1, 0.15) is 31.6 Å². The van der Waals surface area contributed by atoms with Crippen molar-refractivity contribution >= 4 is 138 Å². The number of hydrogen-bond acceptors (Lipinski definition) is 15. The van der Waals surface area contributed by atoms with Gasteiger partial charge in [0.05, 0.1) is 85.0 Å². The van der Waals surface area contributed by atoms with Gasteiger partial charge in [-0.15, -0.1) is 56.7 Å². The van der Waals surface area contributed by atoms with Crippen LogP contribution in [0.3, 0.4) is 0 Å². The van der Waals surface area contributed by atoms with E-state index in [2.05, 4.69) is 316 Å². The summed E-state index contributed by atoms with van der Waals surface area (Å²) < 4.78 is 50.7. The minimum absolute atomic E-state index is 0.0501. The molecule has 0 aliphatic heterocycles. The third kappa shape index (κ3) is 19.9. The standard InChI is InChI=1S/C24H29F3N2S.C24H30N2S.2C21H20N2S.C18H14N2S/c1-14-8-15(2)10-16(9-14)19-21-20(29-13-28-19)17(11-23(6,7)24(25,26)27)18(30-21)12-22(3,4)5;1-15-10-16(2)12-18(11-15)21-23-22(26-14-25-21)20(17-8-6-7-9-17)19(27-23)13-24(3,4)5;1-12(2)15-5-6-17-18(10-15)24-21-19(22-11-23-20(17)21)16-8-13(3)7-14(4)9-16;1-12(2)16-6-5-7-17-19-21(24-20(16)17)18(22-11-23-19)15-9-13(3)8-14(4)10-15;1-11-7-12(2)9-13(8-11)16-18-17(20-10-19-16)14-5-3-4-6-15(14)21-18/h8-10,13H,11-12H2,1-7H3;10-12,14,17H,6-9,13H2,1-5H3;2*5-12H,1-4H3;3-10H,1-2H3. The van der Waals surface area contributed by atoms with Gasteiger partial charge in [-0.05, 0) is 225 Å². The molecule has 126 heavy (non-hydrogen) atoms. The summed E-state index contributed by atoms with van der Waals surface area (Å²) in [7, 11) is 0. The molecule has 646 valence electrons. The number of aromatic nitrogens is 10. The lowest BCUT2D eigenvalue weighted by atomic mass is 9.82. The molecule has 18 aromatic rings.